The van der Waals surface area contributed by atoms with Gasteiger partial charge in [-0.15, -0.1) is 11.3 Å². The topological polar surface area (TPSA) is 56.8 Å². The van der Waals surface area contributed by atoms with E-state index in [-0.39, 0.29) is 17.4 Å². The van der Waals surface area contributed by atoms with Gasteiger partial charge in [0.15, 0.2) is 0 Å². The molecule has 0 spiro atoms. The molecular formula is C27H25Cl2F3N4O2S. The number of thiazole rings is 1. The third kappa shape index (κ3) is 6.02. The standard InChI is InChI=1S/C27H25Cl2F3N4O2S/c28-21-6-5-18(15-22(21)29)34-11-13-36(14-12-34)26(38)23-16-39-24(33-23)17-7-9-35(10-8-17)25(37)19-3-1-2-4-20(19)27(30,31)32/h1-6,15-17H,7-14H2. The van der Waals surface area contributed by atoms with Crippen molar-refractivity contribution in [1.29, 1.82) is 0 Å². The van der Waals surface area contributed by atoms with Gasteiger partial charge in [-0.2, -0.15) is 13.2 Å². The van der Waals surface area contributed by atoms with Gasteiger partial charge in [0.2, 0.25) is 0 Å². The average molecular weight is 597 g/mol. The van der Waals surface area contributed by atoms with Gasteiger partial charge in [0.25, 0.3) is 11.8 Å². The molecule has 0 unspecified atom stereocenters. The number of carbonyl (C=O) groups is 2. The third-order valence-electron chi connectivity index (χ3n) is 7.17. The molecule has 2 aliphatic rings. The van der Waals surface area contributed by atoms with E-state index in [0.717, 1.165) is 16.8 Å². The van der Waals surface area contributed by atoms with Gasteiger partial charge >= 0.3 is 6.18 Å². The number of alkyl halides is 3. The van der Waals surface area contributed by atoms with Crippen LogP contribution in [0, 0.1) is 0 Å². The molecule has 0 radical (unpaired) electrons. The maximum absolute atomic E-state index is 13.4. The molecule has 0 atom stereocenters. The van der Waals surface area contributed by atoms with E-state index in [1.807, 2.05) is 12.1 Å². The van der Waals surface area contributed by atoms with Gasteiger partial charge in [-0.1, -0.05) is 35.3 Å². The second-order valence-electron chi connectivity index (χ2n) is 9.56. The largest absolute Gasteiger partial charge is 0.417 e. The predicted octanol–water partition coefficient (Wildman–Crippen LogP) is 6.45. The summed E-state index contributed by atoms with van der Waals surface area (Å²) in [5.74, 6) is -0.691. The lowest BCUT2D eigenvalue weighted by Gasteiger charge is -2.36. The maximum atomic E-state index is 13.4. The second-order valence-corrected chi connectivity index (χ2v) is 11.3. The zero-order valence-electron chi connectivity index (χ0n) is 20.8. The number of rotatable bonds is 4. The van der Waals surface area contributed by atoms with Gasteiger partial charge in [-0.3, -0.25) is 9.59 Å². The van der Waals surface area contributed by atoms with Crippen LogP contribution in [0.2, 0.25) is 10.0 Å². The molecule has 3 aromatic rings. The van der Waals surface area contributed by atoms with Crippen LogP contribution in [0.1, 0.15) is 50.2 Å². The highest BCUT2D eigenvalue weighted by Gasteiger charge is 2.37. The lowest BCUT2D eigenvalue weighted by molar-refractivity contribution is -0.138. The Balaban J connectivity index is 1.16. The summed E-state index contributed by atoms with van der Waals surface area (Å²) < 4.78 is 40.1. The zero-order chi connectivity index (χ0) is 27.7. The maximum Gasteiger partial charge on any atom is 0.417 e. The van der Waals surface area contributed by atoms with Crippen LogP contribution in [-0.2, 0) is 6.18 Å². The number of aromatic nitrogens is 1. The Hall–Kier alpha value is -2.82. The summed E-state index contributed by atoms with van der Waals surface area (Å²) in [6.45, 7) is 3.07. The molecule has 0 saturated carbocycles. The molecule has 3 heterocycles. The van der Waals surface area contributed by atoms with Gasteiger partial charge < -0.3 is 14.7 Å². The van der Waals surface area contributed by atoms with E-state index in [0.29, 0.717) is 67.8 Å². The summed E-state index contributed by atoms with van der Waals surface area (Å²) in [5.41, 5.74) is 0.109. The molecule has 2 fully saturated rings. The van der Waals surface area contributed by atoms with Crippen LogP contribution >= 0.6 is 34.5 Å². The Morgan fingerprint density at radius 2 is 1.54 bits per heavy atom. The van der Waals surface area contributed by atoms with Crippen molar-refractivity contribution < 1.29 is 22.8 Å². The number of hydrogen-bond acceptors (Lipinski definition) is 5. The zero-order valence-corrected chi connectivity index (χ0v) is 23.1. The quantitative estimate of drug-likeness (QED) is 0.347. The van der Waals surface area contributed by atoms with E-state index in [1.54, 1.807) is 16.3 Å². The van der Waals surface area contributed by atoms with Crippen molar-refractivity contribution in [3.05, 3.63) is 79.7 Å². The molecule has 2 amide bonds. The summed E-state index contributed by atoms with van der Waals surface area (Å²) in [6.07, 6.45) is -3.45. The normalized spacial score (nSPS) is 17.0. The number of carbonyl (C=O) groups excluding carboxylic acids is 2. The molecule has 2 aromatic carbocycles. The van der Waals surface area contributed by atoms with E-state index in [9.17, 15) is 22.8 Å². The summed E-state index contributed by atoms with van der Waals surface area (Å²) in [7, 11) is 0. The van der Waals surface area contributed by atoms with Gasteiger partial charge in [0.05, 0.1) is 26.2 Å². The van der Waals surface area contributed by atoms with E-state index >= 15 is 0 Å². The van der Waals surface area contributed by atoms with Crippen molar-refractivity contribution in [3.63, 3.8) is 0 Å². The lowest BCUT2D eigenvalue weighted by atomic mass is 9.96. The first-order chi connectivity index (χ1) is 18.6. The van der Waals surface area contributed by atoms with Gasteiger partial charge in [0.1, 0.15) is 5.69 Å². The molecule has 0 bridgehead atoms. The molecule has 39 heavy (non-hydrogen) atoms. The van der Waals surface area contributed by atoms with Gasteiger partial charge in [-0.25, -0.2) is 4.98 Å². The first-order valence-corrected chi connectivity index (χ1v) is 14.2. The summed E-state index contributed by atoms with van der Waals surface area (Å²) in [6, 6.07) is 10.4. The number of hydrogen-bond donors (Lipinski definition) is 0. The molecule has 0 aliphatic carbocycles. The Bertz CT molecular complexity index is 1370. The Morgan fingerprint density at radius 3 is 2.21 bits per heavy atom. The molecular weight excluding hydrogens is 572 g/mol. The smallest absolute Gasteiger partial charge is 0.368 e. The minimum atomic E-state index is -4.59. The van der Waals surface area contributed by atoms with Crippen molar-refractivity contribution in [2.24, 2.45) is 0 Å². The van der Waals surface area contributed by atoms with Crippen LogP contribution in [-0.4, -0.2) is 65.9 Å². The number of likely N-dealkylation sites (tertiary alicyclic amines) is 1. The SMILES string of the molecule is O=C(c1csc(C2CCN(C(=O)c3ccccc3C(F)(F)F)CC2)n1)N1CCN(c2ccc(Cl)c(Cl)c2)CC1. The molecule has 5 rings (SSSR count). The average Bonchev–Trinajstić information content (AvgIpc) is 3.44. The van der Waals surface area contributed by atoms with Crippen LogP contribution in [0.15, 0.2) is 47.8 Å². The number of halogens is 5. The summed E-state index contributed by atoms with van der Waals surface area (Å²) in [5, 5.41) is 3.57. The highest BCUT2D eigenvalue weighted by molar-refractivity contribution is 7.09. The summed E-state index contributed by atoms with van der Waals surface area (Å²) >= 11 is 13.6. The van der Waals surface area contributed by atoms with E-state index in [2.05, 4.69) is 9.88 Å². The molecule has 12 heteroatoms. The molecule has 1 aromatic heterocycles. The molecule has 0 N–H and O–H groups in total. The molecule has 6 nitrogen and oxygen atoms in total. The van der Waals surface area contributed by atoms with E-state index in [4.69, 9.17) is 23.2 Å². The lowest BCUT2D eigenvalue weighted by Crippen LogP contribution is -2.48. The second kappa shape index (κ2) is 11.3. The first kappa shape index (κ1) is 27.7. The fraction of sp³-hybridized carbons (Fsp3) is 0.370. The van der Waals surface area contributed by atoms with Crippen molar-refractivity contribution >= 4 is 52.0 Å². The van der Waals surface area contributed by atoms with Gasteiger partial charge in [-0.05, 0) is 43.2 Å². The minimum Gasteiger partial charge on any atom is -0.368 e. The van der Waals surface area contributed by atoms with E-state index < -0.39 is 17.6 Å². The van der Waals surface area contributed by atoms with Crippen molar-refractivity contribution in [2.45, 2.75) is 24.9 Å². The van der Waals surface area contributed by atoms with Crippen LogP contribution in [0.3, 0.4) is 0 Å². The van der Waals surface area contributed by atoms with Crippen LogP contribution in [0.4, 0.5) is 18.9 Å². The van der Waals surface area contributed by atoms with E-state index in [1.165, 1.54) is 34.4 Å². The van der Waals surface area contributed by atoms with Crippen LogP contribution in [0.5, 0.6) is 0 Å². The van der Waals surface area contributed by atoms with Gasteiger partial charge in [0, 0.05) is 56.3 Å². The summed E-state index contributed by atoms with van der Waals surface area (Å²) in [4.78, 5) is 36.0. The molecule has 206 valence electrons. The first-order valence-electron chi connectivity index (χ1n) is 12.5. The number of nitrogens with zero attached hydrogens (tertiary/aromatic N) is 4. The fourth-order valence-electron chi connectivity index (χ4n) is 5.00. The number of piperazine rings is 1. The Morgan fingerprint density at radius 1 is 0.872 bits per heavy atom. The van der Waals surface area contributed by atoms with Crippen molar-refractivity contribution in [3.8, 4) is 0 Å². The highest BCUT2D eigenvalue weighted by Crippen LogP contribution is 2.35. The number of benzene rings is 2. The fourth-order valence-corrected chi connectivity index (χ4v) is 6.26. The number of amides is 2. The number of anilines is 1. The third-order valence-corrected chi connectivity index (χ3v) is 8.92. The molecule has 2 aliphatic heterocycles. The predicted molar refractivity (Wildman–Crippen MR) is 146 cm³/mol. The minimum absolute atomic E-state index is 0.0463. The van der Waals surface area contributed by atoms with Crippen molar-refractivity contribution in [1.82, 2.24) is 14.8 Å². The molecule has 2 saturated heterocycles. The number of piperidine rings is 1. The Kier molecular flexibility index (Phi) is 8.07. The highest BCUT2D eigenvalue weighted by atomic mass is 35.5. The van der Waals surface area contributed by atoms with Crippen LogP contribution in [0.25, 0.3) is 0 Å². The van der Waals surface area contributed by atoms with Crippen molar-refractivity contribution in [2.75, 3.05) is 44.2 Å². The monoisotopic (exact) mass is 596 g/mol. The van der Waals surface area contributed by atoms with Crippen LogP contribution < -0.4 is 4.90 Å². The Labute approximate surface area is 237 Å².